The summed E-state index contributed by atoms with van der Waals surface area (Å²) in [5.41, 5.74) is 1.60. The van der Waals surface area contributed by atoms with E-state index >= 15 is 0 Å². The van der Waals surface area contributed by atoms with Gasteiger partial charge in [0, 0.05) is 0 Å². The average Bonchev–Trinajstić information content (AvgIpc) is 2.28. The molecule has 2 radical (unpaired) electrons. The molecule has 0 aromatic heterocycles. The van der Waals surface area contributed by atoms with Crippen LogP contribution in [0.5, 0.6) is 5.75 Å². The van der Waals surface area contributed by atoms with Crippen molar-refractivity contribution in [1.29, 1.82) is 0 Å². The van der Waals surface area contributed by atoms with Gasteiger partial charge in [-0.15, -0.1) is 0 Å². The summed E-state index contributed by atoms with van der Waals surface area (Å²) in [4.78, 5) is 10.9. The summed E-state index contributed by atoms with van der Waals surface area (Å²) in [6.07, 6.45) is 1.36. The number of carbonyl (C=O) groups is 1. The Labute approximate surface area is 135 Å². The molecule has 0 heterocycles. The molecule has 1 aromatic carbocycles. The second-order valence-corrected chi connectivity index (χ2v) is 5.41. The summed E-state index contributed by atoms with van der Waals surface area (Å²) >= 11 is 0. The van der Waals surface area contributed by atoms with Crippen molar-refractivity contribution in [3.63, 3.8) is 0 Å². The topological polar surface area (TPSA) is 46.5 Å². The van der Waals surface area contributed by atoms with Crippen LogP contribution in [-0.4, -0.2) is 45.0 Å². The Bertz CT molecular complexity index is 427. The number of carboxylic acid groups (broad SMARTS) is 1. The van der Waals surface area contributed by atoms with Crippen molar-refractivity contribution < 1.29 is 14.6 Å². The molecule has 0 amide bonds. The van der Waals surface area contributed by atoms with Crippen LogP contribution in [0.25, 0.3) is 0 Å². The Morgan fingerprint density at radius 1 is 1.32 bits per heavy atom. The van der Waals surface area contributed by atoms with E-state index in [9.17, 15) is 4.79 Å². The first-order valence-electron chi connectivity index (χ1n) is 6.26. The number of carboxylic acids is 1. The van der Waals surface area contributed by atoms with Crippen LogP contribution in [0.3, 0.4) is 0 Å². The first-order valence-corrected chi connectivity index (χ1v) is 6.26. The number of aliphatic carboxylic acids is 1. The van der Waals surface area contributed by atoms with E-state index in [0.717, 1.165) is 17.7 Å². The molecule has 0 aliphatic rings. The summed E-state index contributed by atoms with van der Waals surface area (Å²) in [6, 6.07) is 6.10. The van der Waals surface area contributed by atoms with E-state index in [1.807, 2.05) is 26.0 Å². The van der Waals surface area contributed by atoms with Crippen LogP contribution in [0.4, 0.5) is 0 Å². The zero-order chi connectivity index (χ0) is 13.8. The molecule has 0 fully saturated rings. The number of ether oxygens (including phenoxy) is 1. The number of benzene rings is 1. The zero-order valence-corrected chi connectivity index (χ0v) is 17.8. The van der Waals surface area contributed by atoms with E-state index < -0.39 is 11.4 Å². The molecule has 0 aliphatic carbocycles. The summed E-state index contributed by atoms with van der Waals surface area (Å²) in [5.74, 6) is 0.136. The Morgan fingerprint density at radius 3 is 2.53 bits per heavy atom. The fourth-order valence-electron chi connectivity index (χ4n) is 1.67. The molecule has 1 rings (SSSR count). The molecule has 0 aliphatic heterocycles. The van der Waals surface area contributed by atoms with Crippen LogP contribution in [0.15, 0.2) is 18.2 Å². The van der Waals surface area contributed by atoms with Gasteiger partial charge in [-0.3, -0.25) is 4.79 Å². The average molecular weight is 460 g/mol. The van der Waals surface area contributed by atoms with Crippen LogP contribution >= 0.6 is 0 Å². The number of aryl methyl sites for hydroxylation is 2. The van der Waals surface area contributed by atoms with Gasteiger partial charge in [-0.25, -0.2) is 0 Å². The predicted molar refractivity (Wildman–Crippen MR) is 80.6 cm³/mol. The SMILES string of the molecule is Cc1ccc(C)c(OCCCC(C)(C)C(=O)O)c1.[PbH2]. The van der Waals surface area contributed by atoms with Gasteiger partial charge in [-0.2, -0.15) is 0 Å². The number of hydrogen-bond donors (Lipinski definition) is 1. The van der Waals surface area contributed by atoms with Gasteiger partial charge >= 0.3 is 33.3 Å². The maximum absolute atomic E-state index is 10.9. The molecule has 3 nitrogen and oxygen atoms in total. The summed E-state index contributed by atoms with van der Waals surface area (Å²) < 4.78 is 5.70. The van der Waals surface area contributed by atoms with Crippen molar-refractivity contribution in [3.05, 3.63) is 29.3 Å². The third-order valence-corrected chi connectivity index (χ3v) is 3.13. The third kappa shape index (κ3) is 5.93. The molecule has 19 heavy (non-hydrogen) atoms. The van der Waals surface area contributed by atoms with Crippen LogP contribution < -0.4 is 4.74 Å². The van der Waals surface area contributed by atoms with Gasteiger partial charge in [-0.05, 0) is 57.7 Å². The second-order valence-electron chi connectivity index (χ2n) is 5.41. The van der Waals surface area contributed by atoms with Crippen molar-refractivity contribution in [3.8, 4) is 5.75 Å². The maximum atomic E-state index is 10.9. The van der Waals surface area contributed by atoms with Crippen LogP contribution in [0, 0.1) is 19.3 Å². The van der Waals surface area contributed by atoms with Gasteiger partial charge in [0.25, 0.3) is 0 Å². The first kappa shape index (κ1) is 18.4. The Morgan fingerprint density at radius 2 is 1.95 bits per heavy atom. The van der Waals surface area contributed by atoms with E-state index in [4.69, 9.17) is 9.84 Å². The molecule has 1 aromatic rings. The Hall–Kier alpha value is -0.588. The van der Waals surface area contributed by atoms with Crippen molar-refractivity contribution >= 4 is 33.3 Å². The number of rotatable bonds is 6. The Balaban J connectivity index is 0.00000324. The van der Waals surface area contributed by atoms with Crippen LogP contribution in [0.1, 0.15) is 37.8 Å². The molecule has 0 spiro atoms. The van der Waals surface area contributed by atoms with E-state index in [1.54, 1.807) is 13.8 Å². The van der Waals surface area contributed by atoms with E-state index in [-0.39, 0.29) is 27.3 Å². The first-order chi connectivity index (χ1) is 8.33. The Kier molecular flexibility index (Phi) is 7.63. The van der Waals surface area contributed by atoms with E-state index in [0.29, 0.717) is 13.0 Å². The molecule has 0 bridgehead atoms. The van der Waals surface area contributed by atoms with Crippen molar-refractivity contribution in [2.24, 2.45) is 5.41 Å². The van der Waals surface area contributed by atoms with Gasteiger partial charge in [0.1, 0.15) is 5.75 Å². The molecule has 0 atom stereocenters. The summed E-state index contributed by atoms with van der Waals surface area (Å²) in [5, 5.41) is 9.00. The van der Waals surface area contributed by atoms with Crippen LogP contribution in [0.2, 0.25) is 0 Å². The molecular weight excluding hydrogens is 435 g/mol. The molecule has 0 saturated heterocycles. The van der Waals surface area contributed by atoms with Gasteiger partial charge < -0.3 is 9.84 Å². The monoisotopic (exact) mass is 460 g/mol. The van der Waals surface area contributed by atoms with Gasteiger partial charge in [0.2, 0.25) is 0 Å². The van der Waals surface area contributed by atoms with E-state index in [1.165, 1.54) is 5.56 Å². The minimum absolute atomic E-state index is 0. The quantitative estimate of drug-likeness (QED) is 0.526. The van der Waals surface area contributed by atoms with Crippen molar-refractivity contribution in [1.82, 2.24) is 0 Å². The van der Waals surface area contributed by atoms with Gasteiger partial charge in [0.15, 0.2) is 0 Å². The molecule has 4 heteroatoms. The van der Waals surface area contributed by atoms with Gasteiger partial charge in [-0.1, -0.05) is 12.1 Å². The third-order valence-electron chi connectivity index (χ3n) is 3.13. The van der Waals surface area contributed by atoms with Crippen LogP contribution in [-0.2, 0) is 4.79 Å². The summed E-state index contributed by atoms with van der Waals surface area (Å²) in [7, 11) is 0. The molecule has 0 unspecified atom stereocenters. The standard InChI is InChI=1S/C15H22O3.Pb.2H/c1-11-6-7-12(2)13(10-11)18-9-5-8-15(3,4)14(16)17;;;/h6-7,10H,5,8-9H2,1-4H3,(H,16,17);;;. The predicted octanol–water partition coefficient (Wildman–Crippen LogP) is 2.66. The minimum atomic E-state index is -0.755. The van der Waals surface area contributed by atoms with Crippen molar-refractivity contribution in [2.45, 2.75) is 40.5 Å². The molecular formula is C15H24O3Pb. The zero-order valence-electron chi connectivity index (χ0n) is 12.3. The molecule has 1 N–H and O–H groups in total. The number of hydrogen-bond acceptors (Lipinski definition) is 2. The van der Waals surface area contributed by atoms with Gasteiger partial charge in [0.05, 0.1) is 12.0 Å². The molecule has 106 valence electrons. The van der Waals surface area contributed by atoms with E-state index in [2.05, 4.69) is 6.07 Å². The fourth-order valence-corrected chi connectivity index (χ4v) is 1.67. The molecule has 0 saturated carbocycles. The fraction of sp³-hybridized carbons (Fsp3) is 0.533. The normalized spacial score (nSPS) is 10.7. The second kappa shape index (κ2) is 7.87. The van der Waals surface area contributed by atoms with Crippen molar-refractivity contribution in [2.75, 3.05) is 6.61 Å². The summed E-state index contributed by atoms with van der Waals surface area (Å²) in [6.45, 7) is 8.08.